The van der Waals surface area contributed by atoms with E-state index in [4.69, 9.17) is 11.6 Å². The molecule has 1 aromatic carbocycles. The van der Waals surface area contributed by atoms with E-state index in [9.17, 15) is 4.79 Å². The summed E-state index contributed by atoms with van der Waals surface area (Å²) >= 11 is 6.03. The van der Waals surface area contributed by atoms with E-state index in [1.807, 2.05) is 12.1 Å². The van der Waals surface area contributed by atoms with Crippen LogP contribution in [0.3, 0.4) is 0 Å². The number of nitrogens with zero attached hydrogens (tertiary/aromatic N) is 1. The lowest BCUT2D eigenvalue weighted by molar-refractivity contribution is 0.0934. The molecule has 1 fully saturated rings. The summed E-state index contributed by atoms with van der Waals surface area (Å²) in [6.07, 6.45) is 11.1. The average Bonchev–Trinajstić information content (AvgIpc) is 3.07. The van der Waals surface area contributed by atoms with Gasteiger partial charge < -0.3 is 9.88 Å². The summed E-state index contributed by atoms with van der Waals surface area (Å²) in [6.45, 7) is 1.55. The summed E-state index contributed by atoms with van der Waals surface area (Å²) in [5.41, 5.74) is 4.72. The van der Waals surface area contributed by atoms with Gasteiger partial charge in [-0.1, -0.05) is 43.0 Å². The summed E-state index contributed by atoms with van der Waals surface area (Å²) in [7, 11) is 0. The van der Waals surface area contributed by atoms with Crippen LogP contribution in [0, 0.1) is 5.92 Å². The van der Waals surface area contributed by atoms with E-state index in [1.165, 1.54) is 61.8 Å². The predicted molar refractivity (Wildman–Crippen MR) is 111 cm³/mol. The van der Waals surface area contributed by atoms with Gasteiger partial charge in [0.15, 0.2) is 0 Å². The third-order valence-electron chi connectivity index (χ3n) is 6.17. The third kappa shape index (κ3) is 4.40. The van der Waals surface area contributed by atoms with Crippen molar-refractivity contribution in [2.75, 3.05) is 6.54 Å². The van der Waals surface area contributed by atoms with Crippen LogP contribution in [0.5, 0.6) is 0 Å². The lowest BCUT2D eigenvalue weighted by atomic mass is 9.89. The molecule has 0 spiro atoms. The summed E-state index contributed by atoms with van der Waals surface area (Å²) in [6, 6.07) is 10.1. The molecule has 0 atom stereocenters. The molecule has 0 bridgehead atoms. The average molecular weight is 385 g/mol. The summed E-state index contributed by atoms with van der Waals surface area (Å²) in [4.78, 5) is 13.0. The van der Waals surface area contributed by atoms with Gasteiger partial charge in [0, 0.05) is 23.8 Å². The van der Waals surface area contributed by atoms with Gasteiger partial charge >= 0.3 is 0 Å². The Morgan fingerprint density at radius 2 is 1.78 bits per heavy atom. The molecule has 27 heavy (non-hydrogen) atoms. The van der Waals surface area contributed by atoms with Gasteiger partial charge in [-0.2, -0.15) is 0 Å². The molecule has 1 aromatic heterocycles. The standard InChI is InChI=1S/C23H29ClN2O/c24-20-12-10-18(11-13-20)16-26-21-9-5-4-8-19(21)14-22(26)23(27)25-15-17-6-2-1-3-7-17/h10-14,17H,1-9,15-16H2,(H,25,27). The first-order chi connectivity index (χ1) is 13.2. The number of carbonyl (C=O) groups is 1. The molecule has 2 aliphatic carbocycles. The Balaban J connectivity index is 1.54. The van der Waals surface area contributed by atoms with Crippen LogP contribution in [0.2, 0.25) is 5.02 Å². The Labute approximate surface area is 167 Å². The fraction of sp³-hybridized carbons (Fsp3) is 0.522. The molecule has 0 aliphatic heterocycles. The predicted octanol–water partition coefficient (Wildman–Crippen LogP) is 5.38. The van der Waals surface area contributed by atoms with Gasteiger partial charge in [0.1, 0.15) is 5.69 Å². The Bertz CT molecular complexity index is 787. The van der Waals surface area contributed by atoms with Gasteiger partial charge in [-0.15, -0.1) is 0 Å². The third-order valence-corrected chi connectivity index (χ3v) is 6.42. The number of hydrogen-bond acceptors (Lipinski definition) is 1. The number of hydrogen-bond donors (Lipinski definition) is 1. The van der Waals surface area contributed by atoms with Crippen LogP contribution >= 0.6 is 11.6 Å². The summed E-state index contributed by atoms with van der Waals surface area (Å²) in [5.74, 6) is 0.737. The highest BCUT2D eigenvalue weighted by atomic mass is 35.5. The highest BCUT2D eigenvalue weighted by molar-refractivity contribution is 6.30. The van der Waals surface area contributed by atoms with Crippen LogP contribution in [0.4, 0.5) is 0 Å². The van der Waals surface area contributed by atoms with Gasteiger partial charge in [-0.3, -0.25) is 4.79 Å². The number of aryl methyl sites for hydroxylation is 1. The maximum absolute atomic E-state index is 13.0. The van der Waals surface area contributed by atoms with Gasteiger partial charge in [0.05, 0.1) is 0 Å². The van der Waals surface area contributed by atoms with Gasteiger partial charge in [0.2, 0.25) is 0 Å². The van der Waals surface area contributed by atoms with Crippen molar-refractivity contribution in [3.05, 3.63) is 57.9 Å². The normalized spacial score (nSPS) is 17.5. The fourth-order valence-corrected chi connectivity index (χ4v) is 4.75. The molecule has 1 saturated carbocycles. The molecule has 2 aliphatic rings. The molecular formula is C23H29ClN2O. The molecule has 0 unspecified atom stereocenters. The van der Waals surface area contributed by atoms with E-state index >= 15 is 0 Å². The van der Waals surface area contributed by atoms with Crippen molar-refractivity contribution in [2.24, 2.45) is 5.92 Å². The molecule has 144 valence electrons. The molecule has 2 aromatic rings. The van der Waals surface area contributed by atoms with Crippen LogP contribution in [0.15, 0.2) is 30.3 Å². The van der Waals surface area contributed by atoms with E-state index in [0.717, 1.165) is 36.6 Å². The molecule has 4 rings (SSSR count). The molecule has 0 saturated heterocycles. The van der Waals surface area contributed by atoms with Crippen molar-refractivity contribution >= 4 is 17.5 Å². The van der Waals surface area contributed by atoms with Crippen molar-refractivity contribution < 1.29 is 4.79 Å². The second kappa shape index (κ2) is 8.52. The molecule has 4 heteroatoms. The second-order valence-corrected chi connectivity index (χ2v) is 8.57. The Morgan fingerprint density at radius 1 is 1.04 bits per heavy atom. The van der Waals surface area contributed by atoms with Crippen LogP contribution in [0.25, 0.3) is 0 Å². The number of fused-ring (bicyclic) bond motifs is 1. The Hall–Kier alpha value is -1.74. The molecule has 1 N–H and O–H groups in total. The van der Waals surface area contributed by atoms with Gasteiger partial charge in [0.25, 0.3) is 5.91 Å². The first-order valence-electron chi connectivity index (χ1n) is 10.4. The fourth-order valence-electron chi connectivity index (χ4n) is 4.62. The first-order valence-corrected chi connectivity index (χ1v) is 10.8. The number of rotatable bonds is 5. The smallest absolute Gasteiger partial charge is 0.267 e. The van der Waals surface area contributed by atoms with Gasteiger partial charge in [-0.25, -0.2) is 0 Å². The van der Waals surface area contributed by atoms with Gasteiger partial charge in [-0.05, 0) is 73.8 Å². The molecular weight excluding hydrogens is 356 g/mol. The molecule has 1 heterocycles. The van der Waals surface area contributed by atoms with E-state index in [1.54, 1.807) is 0 Å². The number of benzene rings is 1. The minimum Gasteiger partial charge on any atom is -0.350 e. The summed E-state index contributed by atoms with van der Waals surface area (Å²) in [5, 5.41) is 3.98. The summed E-state index contributed by atoms with van der Waals surface area (Å²) < 4.78 is 2.24. The quantitative estimate of drug-likeness (QED) is 0.737. The van der Waals surface area contributed by atoms with Crippen LogP contribution < -0.4 is 5.32 Å². The first kappa shape index (κ1) is 18.6. The SMILES string of the molecule is O=C(NCC1CCCCC1)c1cc2c(n1Cc1ccc(Cl)cc1)CCCC2. The Morgan fingerprint density at radius 3 is 2.56 bits per heavy atom. The lowest BCUT2D eigenvalue weighted by Crippen LogP contribution is -2.32. The van der Waals surface area contributed by atoms with Crippen LogP contribution in [-0.4, -0.2) is 17.0 Å². The molecule has 3 nitrogen and oxygen atoms in total. The zero-order valence-electron chi connectivity index (χ0n) is 16.0. The van der Waals surface area contributed by atoms with Crippen molar-refractivity contribution in [3.63, 3.8) is 0 Å². The van der Waals surface area contributed by atoms with Crippen LogP contribution in [0.1, 0.15) is 72.3 Å². The number of amides is 1. The second-order valence-electron chi connectivity index (χ2n) is 8.14. The number of carbonyl (C=O) groups excluding carboxylic acids is 1. The minimum atomic E-state index is 0.0870. The van der Waals surface area contributed by atoms with Crippen molar-refractivity contribution in [1.82, 2.24) is 9.88 Å². The number of aromatic nitrogens is 1. The van der Waals surface area contributed by atoms with Crippen LogP contribution in [-0.2, 0) is 19.4 Å². The molecule has 1 amide bonds. The number of nitrogens with one attached hydrogen (secondary N) is 1. The topological polar surface area (TPSA) is 34.0 Å². The van der Waals surface area contributed by atoms with E-state index in [2.05, 4.69) is 28.1 Å². The lowest BCUT2D eigenvalue weighted by Gasteiger charge is -2.22. The van der Waals surface area contributed by atoms with Crippen molar-refractivity contribution in [3.8, 4) is 0 Å². The maximum Gasteiger partial charge on any atom is 0.267 e. The van der Waals surface area contributed by atoms with E-state index in [0.29, 0.717) is 5.92 Å². The Kier molecular flexibility index (Phi) is 5.87. The number of halogens is 1. The maximum atomic E-state index is 13.0. The van der Waals surface area contributed by atoms with Crippen molar-refractivity contribution in [1.29, 1.82) is 0 Å². The highest BCUT2D eigenvalue weighted by Crippen LogP contribution is 2.27. The van der Waals surface area contributed by atoms with Crippen molar-refractivity contribution in [2.45, 2.75) is 64.3 Å². The minimum absolute atomic E-state index is 0.0870. The van der Waals surface area contributed by atoms with E-state index in [-0.39, 0.29) is 5.91 Å². The zero-order valence-corrected chi connectivity index (χ0v) is 16.7. The van der Waals surface area contributed by atoms with E-state index < -0.39 is 0 Å². The largest absolute Gasteiger partial charge is 0.350 e. The monoisotopic (exact) mass is 384 g/mol. The molecule has 0 radical (unpaired) electrons. The highest BCUT2D eigenvalue weighted by Gasteiger charge is 2.23. The zero-order chi connectivity index (χ0) is 18.6.